The Balaban J connectivity index is 1.72. The Morgan fingerprint density at radius 3 is 2.56 bits per heavy atom. The summed E-state index contributed by atoms with van der Waals surface area (Å²) < 4.78 is 0. The Morgan fingerprint density at radius 1 is 1.00 bits per heavy atom. The van der Waals surface area contributed by atoms with Crippen LogP contribution in [0.4, 0.5) is 5.82 Å². The normalized spacial score (nSPS) is 12.2. The molecule has 2 heterocycles. The lowest BCUT2D eigenvalue weighted by atomic mass is 10.1. The molecule has 0 fully saturated rings. The number of anilines is 1. The number of benzene rings is 2. The summed E-state index contributed by atoms with van der Waals surface area (Å²) in [4.78, 5) is 10.7. The van der Waals surface area contributed by atoms with Crippen molar-refractivity contribution >= 4 is 27.4 Å². The zero-order chi connectivity index (χ0) is 17.2. The van der Waals surface area contributed by atoms with Crippen LogP contribution in [0.2, 0.25) is 0 Å². The molecule has 0 bridgehead atoms. The first-order chi connectivity index (χ1) is 12.2. The molecule has 0 unspecified atom stereocenters. The molecule has 124 valence electrons. The number of aromatic nitrogens is 2. The van der Waals surface area contributed by atoms with Crippen LogP contribution in [0, 0.1) is 0 Å². The van der Waals surface area contributed by atoms with E-state index in [0.29, 0.717) is 0 Å². The van der Waals surface area contributed by atoms with Crippen molar-refractivity contribution in [3.63, 3.8) is 0 Å². The maximum Gasteiger partial charge on any atom is 0.138 e. The van der Waals surface area contributed by atoms with E-state index in [0.717, 1.165) is 26.5 Å². The molecule has 0 amide bonds. The second-order valence-corrected chi connectivity index (χ2v) is 6.88. The zero-order valence-electron chi connectivity index (χ0n) is 13.7. The largest absolute Gasteiger partial charge is 0.507 e. The van der Waals surface area contributed by atoms with Gasteiger partial charge in [-0.3, -0.25) is 0 Å². The molecule has 2 N–H and O–H groups in total. The summed E-state index contributed by atoms with van der Waals surface area (Å²) in [6.07, 6.45) is 1.58. The van der Waals surface area contributed by atoms with Crippen molar-refractivity contribution in [2.75, 3.05) is 5.32 Å². The van der Waals surface area contributed by atoms with Gasteiger partial charge in [-0.2, -0.15) is 0 Å². The Morgan fingerprint density at radius 2 is 1.76 bits per heavy atom. The van der Waals surface area contributed by atoms with E-state index >= 15 is 0 Å². The zero-order valence-corrected chi connectivity index (χ0v) is 14.5. The molecule has 25 heavy (non-hydrogen) atoms. The van der Waals surface area contributed by atoms with Crippen LogP contribution in [-0.4, -0.2) is 15.1 Å². The van der Waals surface area contributed by atoms with Crippen molar-refractivity contribution < 1.29 is 5.11 Å². The van der Waals surface area contributed by atoms with Gasteiger partial charge < -0.3 is 10.4 Å². The first-order valence-electron chi connectivity index (χ1n) is 8.07. The van der Waals surface area contributed by atoms with Crippen LogP contribution in [-0.2, 0) is 0 Å². The highest BCUT2D eigenvalue weighted by atomic mass is 32.1. The average molecular weight is 347 g/mol. The molecule has 0 aliphatic carbocycles. The number of nitrogens with zero attached hydrogens (tertiary/aromatic N) is 2. The standard InChI is InChI=1S/C20H17N3OS/c1-13(14-7-3-2-4-8-14)23-19-16-11-18(25-20(16)22-12-21-19)15-9-5-6-10-17(15)24/h2-13,24H,1H3,(H,21,22,23)/t13-/m1/s1. The van der Waals surface area contributed by atoms with E-state index in [-0.39, 0.29) is 11.8 Å². The van der Waals surface area contributed by atoms with Gasteiger partial charge in [0.1, 0.15) is 22.7 Å². The van der Waals surface area contributed by atoms with Gasteiger partial charge in [0.15, 0.2) is 0 Å². The fourth-order valence-electron chi connectivity index (χ4n) is 2.82. The number of phenolic OH excluding ortho intramolecular Hbond substituents is 1. The van der Waals surface area contributed by atoms with Crippen molar-refractivity contribution in [3.8, 4) is 16.2 Å². The van der Waals surface area contributed by atoms with Crippen molar-refractivity contribution in [2.24, 2.45) is 0 Å². The number of hydrogen-bond donors (Lipinski definition) is 2. The molecule has 5 heteroatoms. The van der Waals surface area contributed by atoms with E-state index in [9.17, 15) is 5.11 Å². The summed E-state index contributed by atoms with van der Waals surface area (Å²) in [7, 11) is 0. The summed E-state index contributed by atoms with van der Waals surface area (Å²) in [5, 5.41) is 14.5. The van der Waals surface area contributed by atoms with Gasteiger partial charge in [-0.25, -0.2) is 9.97 Å². The molecular formula is C20H17N3OS. The highest BCUT2D eigenvalue weighted by Gasteiger charge is 2.14. The average Bonchev–Trinajstić information content (AvgIpc) is 3.08. The number of aromatic hydroxyl groups is 1. The molecule has 4 aromatic rings. The number of nitrogens with one attached hydrogen (secondary N) is 1. The number of rotatable bonds is 4. The quantitative estimate of drug-likeness (QED) is 0.530. The lowest BCUT2D eigenvalue weighted by Gasteiger charge is -2.15. The van der Waals surface area contributed by atoms with Gasteiger partial charge in [0, 0.05) is 16.5 Å². The third kappa shape index (κ3) is 3.06. The van der Waals surface area contributed by atoms with Crippen LogP contribution in [0.1, 0.15) is 18.5 Å². The predicted octanol–water partition coefficient (Wildman–Crippen LogP) is 5.24. The van der Waals surface area contributed by atoms with Crippen LogP contribution in [0.3, 0.4) is 0 Å². The smallest absolute Gasteiger partial charge is 0.138 e. The molecular weight excluding hydrogens is 330 g/mol. The van der Waals surface area contributed by atoms with E-state index in [1.54, 1.807) is 23.7 Å². The Kier molecular flexibility index (Phi) is 4.07. The highest BCUT2D eigenvalue weighted by molar-refractivity contribution is 7.22. The summed E-state index contributed by atoms with van der Waals surface area (Å²) in [6, 6.07) is 19.8. The molecule has 2 aromatic carbocycles. The van der Waals surface area contributed by atoms with E-state index in [2.05, 4.69) is 34.3 Å². The van der Waals surface area contributed by atoms with E-state index in [1.807, 2.05) is 42.5 Å². The first kappa shape index (κ1) is 15.6. The number of phenols is 1. The van der Waals surface area contributed by atoms with Crippen LogP contribution in [0.5, 0.6) is 5.75 Å². The predicted molar refractivity (Wildman–Crippen MR) is 103 cm³/mol. The minimum Gasteiger partial charge on any atom is -0.507 e. The van der Waals surface area contributed by atoms with Crippen molar-refractivity contribution in [1.82, 2.24) is 9.97 Å². The molecule has 0 saturated carbocycles. The monoisotopic (exact) mass is 347 g/mol. The van der Waals surface area contributed by atoms with Crippen LogP contribution >= 0.6 is 11.3 Å². The number of thiophene rings is 1. The van der Waals surface area contributed by atoms with Gasteiger partial charge in [-0.1, -0.05) is 42.5 Å². The second-order valence-electron chi connectivity index (χ2n) is 5.85. The second kappa shape index (κ2) is 6.53. The molecule has 0 saturated heterocycles. The Bertz CT molecular complexity index is 1010. The summed E-state index contributed by atoms with van der Waals surface area (Å²) in [6.45, 7) is 2.11. The molecule has 1 atom stereocenters. The summed E-state index contributed by atoms with van der Waals surface area (Å²) >= 11 is 1.55. The van der Waals surface area contributed by atoms with Crippen LogP contribution in [0.15, 0.2) is 67.0 Å². The highest BCUT2D eigenvalue weighted by Crippen LogP contribution is 2.39. The molecule has 4 nitrogen and oxygen atoms in total. The fourth-order valence-corrected chi connectivity index (χ4v) is 3.85. The Labute approximate surface area is 149 Å². The first-order valence-corrected chi connectivity index (χ1v) is 8.88. The van der Waals surface area contributed by atoms with Crippen molar-refractivity contribution in [3.05, 3.63) is 72.6 Å². The molecule has 0 aliphatic rings. The van der Waals surface area contributed by atoms with Gasteiger partial charge in [0.05, 0.1) is 5.39 Å². The number of hydrogen-bond acceptors (Lipinski definition) is 5. The minimum absolute atomic E-state index is 0.132. The molecule has 4 rings (SSSR count). The third-order valence-corrected chi connectivity index (χ3v) is 5.23. The summed E-state index contributed by atoms with van der Waals surface area (Å²) in [5.41, 5.74) is 2.01. The van der Waals surface area contributed by atoms with Gasteiger partial charge in [-0.05, 0) is 30.7 Å². The van der Waals surface area contributed by atoms with Gasteiger partial charge in [-0.15, -0.1) is 11.3 Å². The maximum atomic E-state index is 10.1. The van der Waals surface area contributed by atoms with Gasteiger partial charge in [0.25, 0.3) is 0 Å². The molecule has 0 aliphatic heterocycles. The number of fused-ring (bicyclic) bond motifs is 1. The number of para-hydroxylation sites is 1. The van der Waals surface area contributed by atoms with E-state index in [1.165, 1.54) is 5.56 Å². The minimum atomic E-state index is 0.132. The van der Waals surface area contributed by atoms with Crippen molar-refractivity contribution in [2.45, 2.75) is 13.0 Å². The topological polar surface area (TPSA) is 58.0 Å². The van der Waals surface area contributed by atoms with E-state index in [4.69, 9.17) is 0 Å². The third-order valence-electron chi connectivity index (χ3n) is 4.15. The van der Waals surface area contributed by atoms with Crippen LogP contribution < -0.4 is 5.32 Å². The Hall–Kier alpha value is -2.92. The summed E-state index contributed by atoms with van der Waals surface area (Å²) in [5.74, 6) is 1.08. The van der Waals surface area contributed by atoms with Gasteiger partial charge in [0.2, 0.25) is 0 Å². The van der Waals surface area contributed by atoms with Crippen molar-refractivity contribution in [1.29, 1.82) is 0 Å². The molecule has 0 radical (unpaired) electrons. The lowest BCUT2D eigenvalue weighted by Crippen LogP contribution is -2.08. The lowest BCUT2D eigenvalue weighted by molar-refractivity contribution is 0.477. The molecule has 2 aromatic heterocycles. The fraction of sp³-hybridized carbons (Fsp3) is 0.100. The van der Waals surface area contributed by atoms with Gasteiger partial charge >= 0.3 is 0 Å². The SMILES string of the molecule is C[C@@H](Nc1ncnc2sc(-c3ccccc3O)cc12)c1ccccc1. The van der Waals surface area contributed by atoms with Crippen LogP contribution in [0.25, 0.3) is 20.7 Å². The maximum absolute atomic E-state index is 10.1. The van der Waals surface area contributed by atoms with E-state index < -0.39 is 0 Å². The molecule has 0 spiro atoms.